The fourth-order valence-corrected chi connectivity index (χ4v) is 4.25. The fourth-order valence-electron chi connectivity index (χ4n) is 4.25. The van der Waals surface area contributed by atoms with Crippen molar-refractivity contribution in [3.8, 4) is 0 Å². The van der Waals surface area contributed by atoms with E-state index in [1.807, 2.05) is 7.11 Å². The quantitative estimate of drug-likeness (QED) is 0.815. The van der Waals surface area contributed by atoms with E-state index in [4.69, 9.17) is 4.74 Å². The Balaban J connectivity index is 2.08. The molecule has 2 aliphatic heterocycles. The number of fused-ring (bicyclic) bond motifs is 2. The summed E-state index contributed by atoms with van der Waals surface area (Å²) in [6, 6.07) is 2.25. The number of ether oxygens (including phenoxy) is 1. The van der Waals surface area contributed by atoms with Crippen LogP contribution < -0.4 is 5.32 Å². The molecule has 106 valence electrons. The van der Waals surface area contributed by atoms with Gasteiger partial charge in [0, 0.05) is 30.8 Å². The first-order valence-corrected chi connectivity index (χ1v) is 7.59. The normalized spacial score (nSPS) is 33.7. The zero-order chi connectivity index (χ0) is 13.2. The van der Waals surface area contributed by atoms with Gasteiger partial charge in [0.25, 0.3) is 0 Å². The van der Waals surface area contributed by atoms with Crippen LogP contribution in [-0.2, 0) is 4.74 Å². The maximum absolute atomic E-state index is 5.44. The van der Waals surface area contributed by atoms with Crippen LogP contribution >= 0.6 is 0 Å². The van der Waals surface area contributed by atoms with Crippen LogP contribution in [-0.4, -0.2) is 48.8 Å². The lowest BCUT2D eigenvalue weighted by Gasteiger charge is -2.55. The molecule has 2 atom stereocenters. The third kappa shape index (κ3) is 2.89. The highest BCUT2D eigenvalue weighted by molar-refractivity contribution is 5.00. The van der Waals surface area contributed by atoms with Crippen molar-refractivity contribution in [1.82, 2.24) is 10.2 Å². The van der Waals surface area contributed by atoms with Gasteiger partial charge in [0.05, 0.1) is 6.61 Å². The fraction of sp³-hybridized carbons (Fsp3) is 1.00. The van der Waals surface area contributed by atoms with Crippen molar-refractivity contribution in [3.05, 3.63) is 0 Å². The van der Waals surface area contributed by atoms with E-state index in [0.717, 1.165) is 31.3 Å². The number of rotatable bonds is 5. The van der Waals surface area contributed by atoms with E-state index in [-0.39, 0.29) is 5.54 Å². The van der Waals surface area contributed by atoms with E-state index in [9.17, 15) is 0 Å². The van der Waals surface area contributed by atoms with Crippen LogP contribution in [0.5, 0.6) is 0 Å². The first-order valence-electron chi connectivity index (χ1n) is 7.59. The molecule has 2 rings (SSSR count). The molecule has 0 saturated carbocycles. The van der Waals surface area contributed by atoms with Crippen molar-refractivity contribution in [3.63, 3.8) is 0 Å². The maximum Gasteiger partial charge on any atom is 0.0641 e. The number of nitrogens with one attached hydrogen (secondary N) is 1. The molecule has 18 heavy (non-hydrogen) atoms. The Hall–Kier alpha value is -0.120. The maximum atomic E-state index is 5.44. The lowest BCUT2D eigenvalue weighted by atomic mass is 9.78. The minimum absolute atomic E-state index is 0.182. The first-order chi connectivity index (χ1) is 8.58. The molecule has 2 bridgehead atoms. The first kappa shape index (κ1) is 14.3. The van der Waals surface area contributed by atoms with E-state index in [0.29, 0.717) is 0 Å². The summed E-state index contributed by atoms with van der Waals surface area (Å²) >= 11 is 0. The highest BCUT2D eigenvalue weighted by atomic mass is 16.5. The molecule has 1 N–H and O–H groups in total. The van der Waals surface area contributed by atoms with E-state index in [1.165, 1.54) is 32.1 Å². The minimum Gasteiger partial charge on any atom is -0.383 e. The topological polar surface area (TPSA) is 24.5 Å². The predicted octanol–water partition coefficient (Wildman–Crippen LogP) is 2.41. The van der Waals surface area contributed by atoms with Gasteiger partial charge in [-0.1, -0.05) is 13.3 Å². The van der Waals surface area contributed by atoms with E-state index >= 15 is 0 Å². The minimum atomic E-state index is 0.182. The Morgan fingerprint density at radius 3 is 2.33 bits per heavy atom. The largest absolute Gasteiger partial charge is 0.383 e. The van der Waals surface area contributed by atoms with Gasteiger partial charge in [-0.05, 0) is 46.1 Å². The molecular weight excluding hydrogens is 224 g/mol. The summed E-state index contributed by atoms with van der Waals surface area (Å²) in [7, 11) is 1.82. The van der Waals surface area contributed by atoms with Gasteiger partial charge in [-0.2, -0.15) is 0 Å². The second-order valence-corrected chi connectivity index (χ2v) is 6.62. The summed E-state index contributed by atoms with van der Waals surface area (Å²) in [4.78, 5) is 2.77. The van der Waals surface area contributed by atoms with Crippen molar-refractivity contribution >= 4 is 0 Å². The van der Waals surface area contributed by atoms with Crippen molar-refractivity contribution in [2.75, 3.05) is 20.3 Å². The molecule has 2 unspecified atom stereocenters. The molecule has 0 aromatic rings. The Morgan fingerprint density at radius 2 is 1.83 bits per heavy atom. The molecule has 3 nitrogen and oxygen atoms in total. The van der Waals surface area contributed by atoms with Gasteiger partial charge < -0.3 is 10.1 Å². The van der Waals surface area contributed by atoms with Gasteiger partial charge in [0.2, 0.25) is 0 Å². The Bertz CT molecular complexity index is 253. The lowest BCUT2D eigenvalue weighted by Crippen LogP contribution is -2.64. The molecule has 2 fully saturated rings. The Morgan fingerprint density at radius 1 is 1.22 bits per heavy atom. The van der Waals surface area contributed by atoms with Gasteiger partial charge >= 0.3 is 0 Å². The van der Waals surface area contributed by atoms with Gasteiger partial charge in [-0.25, -0.2) is 0 Å². The van der Waals surface area contributed by atoms with Crippen LogP contribution in [0.2, 0.25) is 0 Å². The van der Waals surface area contributed by atoms with Crippen LogP contribution in [0, 0.1) is 0 Å². The van der Waals surface area contributed by atoms with Gasteiger partial charge in [0.1, 0.15) is 0 Å². The second kappa shape index (κ2) is 5.89. The lowest BCUT2D eigenvalue weighted by molar-refractivity contribution is -0.0747. The molecule has 3 heteroatoms. The predicted molar refractivity (Wildman–Crippen MR) is 75.9 cm³/mol. The van der Waals surface area contributed by atoms with Gasteiger partial charge in [-0.3, -0.25) is 4.90 Å². The van der Waals surface area contributed by atoms with Crippen LogP contribution in [0.3, 0.4) is 0 Å². The Labute approximate surface area is 112 Å². The SMILES string of the molecule is CCNC1CC2CCCC(C1)N2C(C)(C)COC. The standard InChI is InChI=1S/C15H30N2O/c1-5-16-12-9-13-7-6-8-14(10-12)17(13)15(2,3)11-18-4/h12-14,16H,5-11H2,1-4H3. The summed E-state index contributed by atoms with van der Waals surface area (Å²) in [5.41, 5.74) is 0.182. The molecule has 2 aliphatic rings. The van der Waals surface area contributed by atoms with Crippen LogP contribution in [0.15, 0.2) is 0 Å². The van der Waals surface area contributed by atoms with Gasteiger partial charge in [-0.15, -0.1) is 0 Å². The van der Waals surface area contributed by atoms with Crippen molar-refractivity contribution in [1.29, 1.82) is 0 Å². The zero-order valence-electron chi connectivity index (χ0n) is 12.5. The molecule has 2 heterocycles. The van der Waals surface area contributed by atoms with Crippen molar-refractivity contribution < 1.29 is 4.74 Å². The number of nitrogens with zero attached hydrogens (tertiary/aromatic N) is 1. The van der Waals surface area contributed by atoms with Crippen LogP contribution in [0.1, 0.15) is 52.9 Å². The highest BCUT2D eigenvalue weighted by Gasteiger charge is 2.44. The second-order valence-electron chi connectivity index (χ2n) is 6.62. The monoisotopic (exact) mass is 254 g/mol. The summed E-state index contributed by atoms with van der Waals surface area (Å²) in [5.74, 6) is 0. The van der Waals surface area contributed by atoms with E-state index < -0.39 is 0 Å². The summed E-state index contributed by atoms with van der Waals surface area (Å²) < 4.78 is 5.44. The third-order valence-electron chi connectivity index (χ3n) is 4.66. The summed E-state index contributed by atoms with van der Waals surface area (Å²) in [5, 5.41) is 3.66. The number of methoxy groups -OCH3 is 1. The molecule has 0 aromatic carbocycles. The molecule has 0 radical (unpaired) electrons. The number of hydrogen-bond acceptors (Lipinski definition) is 3. The van der Waals surface area contributed by atoms with Gasteiger partial charge in [0.15, 0.2) is 0 Å². The molecule has 2 saturated heterocycles. The Kier molecular flexibility index (Phi) is 4.68. The summed E-state index contributed by atoms with van der Waals surface area (Å²) in [6.45, 7) is 8.85. The van der Waals surface area contributed by atoms with E-state index in [1.54, 1.807) is 0 Å². The smallest absolute Gasteiger partial charge is 0.0641 e. The molecule has 0 aliphatic carbocycles. The average Bonchev–Trinajstić information content (AvgIpc) is 2.27. The third-order valence-corrected chi connectivity index (χ3v) is 4.66. The van der Waals surface area contributed by atoms with Crippen molar-refractivity contribution in [2.24, 2.45) is 0 Å². The number of hydrogen-bond donors (Lipinski definition) is 1. The van der Waals surface area contributed by atoms with Crippen LogP contribution in [0.4, 0.5) is 0 Å². The average molecular weight is 254 g/mol. The van der Waals surface area contributed by atoms with E-state index in [2.05, 4.69) is 31.0 Å². The van der Waals surface area contributed by atoms with Crippen LogP contribution in [0.25, 0.3) is 0 Å². The zero-order valence-corrected chi connectivity index (χ0v) is 12.5. The molecule has 0 amide bonds. The number of piperidine rings is 2. The summed E-state index contributed by atoms with van der Waals surface area (Å²) in [6.07, 6.45) is 6.78. The molecular formula is C15H30N2O. The molecule has 0 spiro atoms. The van der Waals surface area contributed by atoms with Crippen molar-refractivity contribution in [2.45, 2.75) is 76.5 Å². The molecule has 0 aromatic heterocycles. The highest BCUT2D eigenvalue weighted by Crippen LogP contribution is 2.39.